The number of benzene rings is 2. The van der Waals surface area contributed by atoms with Gasteiger partial charge in [-0.1, -0.05) is 11.6 Å². The van der Waals surface area contributed by atoms with Gasteiger partial charge < -0.3 is 9.64 Å². The molecule has 3 heterocycles. The fourth-order valence-corrected chi connectivity index (χ4v) is 5.94. The zero-order valence-electron chi connectivity index (χ0n) is 21.5. The van der Waals surface area contributed by atoms with Crippen molar-refractivity contribution in [2.75, 3.05) is 17.8 Å². The summed E-state index contributed by atoms with van der Waals surface area (Å²) in [7, 11) is -4.44. The molecule has 0 atom stereocenters. The van der Waals surface area contributed by atoms with Crippen LogP contribution in [-0.2, 0) is 10.0 Å². The summed E-state index contributed by atoms with van der Waals surface area (Å²) in [6.07, 6.45) is 1.64. The molecule has 5 rings (SSSR count). The molecule has 2 aromatic carbocycles. The molecule has 0 aliphatic carbocycles. The first kappa shape index (κ1) is 27.2. The quantitative estimate of drug-likeness (QED) is 0.306. The van der Waals surface area contributed by atoms with Crippen LogP contribution in [0.1, 0.15) is 32.4 Å². The zero-order chi connectivity index (χ0) is 27.9. The van der Waals surface area contributed by atoms with E-state index in [0.29, 0.717) is 23.0 Å². The summed E-state index contributed by atoms with van der Waals surface area (Å²) < 4.78 is 63.0. The number of aromatic nitrogens is 4. The number of likely N-dealkylation sites (tertiary alicyclic amines) is 1. The lowest BCUT2D eigenvalue weighted by atomic mass is 10.1. The van der Waals surface area contributed by atoms with E-state index in [1.807, 2.05) is 6.92 Å². The van der Waals surface area contributed by atoms with E-state index in [1.54, 1.807) is 0 Å². The highest BCUT2D eigenvalue weighted by atomic mass is 35.5. The van der Waals surface area contributed by atoms with Gasteiger partial charge in [-0.05, 0) is 70.0 Å². The van der Waals surface area contributed by atoms with Crippen molar-refractivity contribution in [2.45, 2.75) is 50.7 Å². The number of piperidine rings is 1. The molecule has 0 spiro atoms. The summed E-state index contributed by atoms with van der Waals surface area (Å²) in [5.74, 6) is -1.39. The molecule has 1 aliphatic heterocycles. The molecule has 4 aromatic rings. The van der Waals surface area contributed by atoms with Crippen molar-refractivity contribution in [3.63, 3.8) is 0 Å². The van der Waals surface area contributed by atoms with Crippen LogP contribution < -0.4 is 9.46 Å². The van der Waals surface area contributed by atoms with Gasteiger partial charge in [0.1, 0.15) is 28.0 Å². The fraction of sp³-hybridized carbons (Fsp3) is 0.346. The molecular formula is C26H27ClF2N6O3S. The summed E-state index contributed by atoms with van der Waals surface area (Å²) >= 11 is 5.82. The minimum Gasteiger partial charge on any atom is -0.474 e. The van der Waals surface area contributed by atoms with Crippen LogP contribution in [0.15, 0.2) is 41.3 Å². The third kappa shape index (κ3) is 5.68. The van der Waals surface area contributed by atoms with Gasteiger partial charge in [-0.2, -0.15) is 10.1 Å². The van der Waals surface area contributed by atoms with Crippen molar-refractivity contribution in [3.05, 3.63) is 58.7 Å². The lowest BCUT2D eigenvalue weighted by Gasteiger charge is -2.34. The number of sulfonamides is 1. The van der Waals surface area contributed by atoms with Crippen LogP contribution in [0.5, 0.6) is 5.88 Å². The predicted molar refractivity (Wildman–Crippen MR) is 144 cm³/mol. The van der Waals surface area contributed by atoms with E-state index in [9.17, 15) is 12.8 Å². The molecule has 1 saturated heterocycles. The average molecular weight is 577 g/mol. The van der Waals surface area contributed by atoms with Crippen molar-refractivity contribution in [3.8, 4) is 17.3 Å². The maximum absolute atomic E-state index is 15.1. The molecule has 2 N–H and O–H groups in total. The second kappa shape index (κ2) is 10.7. The Labute approximate surface area is 229 Å². The molecular weight excluding hydrogens is 550 g/mol. The summed E-state index contributed by atoms with van der Waals surface area (Å²) in [6, 6.07) is 7.33. The first-order valence-electron chi connectivity index (χ1n) is 12.4. The number of nitrogens with zero attached hydrogens (tertiary/aromatic N) is 4. The molecule has 39 heavy (non-hydrogen) atoms. The normalized spacial score (nSPS) is 15.3. The van der Waals surface area contributed by atoms with E-state index in [0.717, 1.165) is 49.8 Å². The van der Waals surface area contributed by atoms with Gasteiger partial charge in [0.25, 0.3) is 10.0 Å². The second-order valence-corrected chi connectivity index (χ2v) is 11.8. The van der Waals surface area contributed by atoms with Gasteiger partial charge in [-0.3, -0.25) is 9.82 Å². The van der Waals surface area contributed by atoms with Gasteiger partial charge in [0.2, 0.25) is 5.88 Å². The van der Waals surface area contributed by atoms with Crippen molar-refractivity contribution in [1.29, 1.82) is 0 Å². The van der Waals surface area contributed by atoms with Gasteiger partial charge in [-0.15, -0.1) is 0 Å². The van der Waals surface area contributed by atoms with Crippen LogP contribution >= 0.6 is 11.6 Å². The summed E-state index contributed by atoms with van der Waals surface area (Å²) in [5, 5.41) is 7.80. The average Bonchev–Trinajstić information content (AvgIpc) is 3.27. The minimum atomic E-state index is -4.44. The van der Waals surface area contributed by atoms with E-state index in [4.69, 9.17) is 16.3 Å². The van der Waals surface area contributed by atoms with Crippen LogP contribution in [-0.4, -0.2) is 58.7 Å². The molecule has 2 aromatic heterocycles. The third-order valence-corrected chi connectivity index (χ3v) is 8.32. The number of aryl methyl sites for hydroxylation is 1. The molecule has 206 valence electrons. The van der Waals surface area contributed by atoms with Gasteiger partial charge in [0.05, 0.1) is 5.69 Å². The summed E-state index contributed by atoms with van der Waals surface area (Å²) in [6.45, 7) is 8.00. The van der Waals surface area contributed by atoms with Crippen LogP contribution in [0.3, 0.4) is 0 Å². The first-order chi connectivity index (χ1) is 18.5. The monoisotopic (exact) mass is 576 g/mol. The molecule has 13 heteroatoms. The molecule has 0 unspecified atom stereocenters. The van der Waals surface area contributed by atoms with E-state index in [2.05, 4.69) is 43.6 Å². The Kier molecular flexibility index (Phi) is 7.45. The maximum Gasteiger partial charge on any atom is 0.264 e. The van der Waals surface area contributed by atoms with Gasteiger partial charge in [0.15, 0.2) is 11.5 Å². The fourth-order valence-electron chi connectivity index (χ4n) is 4.53. The van der Waals surface area contributed by atoms with Crippen LogP contribution in [0.2, 0.25) is 5.02 Å². The van der Waals surface area contributed by atoms with E-state index >= 15 is 4.39 Å². The van der Waals surface area contributed by atoms with Crippen molar-refractivity contribution >= 4 is 38.3 Å². The number of rotatable bonds is 7. The molecule has 0 bridgehead atoms. The highest BCUT2D eigenvalue weighted by Crippen LogP contribution is 2.32. The highest BCUT2D eigenvalue weighted by Gasteiger charge is 2.25. The van der Waals surface area contributed by atoms with Crippen molar-refractivity contribution in [1.82, 2.24) is 25.1 Å². The maximum atomic E-state index is 15.1. The van der Waals surface area contributed by atoms with Gasteiger partial charge in [0, 0.05) is 35.4 Å². The molecule has 1 fully saturated rings. The standard InChI is InChI=1S/C26H27ClF2N6O3S/c1-14(2)35-10-8-18(9-11-35)38-26-23-15(3)32-33-25(23)30-24(31-26)16-4-7-21(20(29)12-16)34-39(36,37)22-13-17(27)5-6-19(22)28/h4-7,12-14,18,34H,8-11H2,1-3H3,(H,30,31,32,33). The molecule has 9 nitrogen and oxygen atoms in total. The summed E-state index contributed by atoms with van der Waals surface area (Å²) in [4.78, 5) is 10.7. The lowest BCUT2D eigenvalue weighted by molar-refractivity contribution is 0.0824. The number of aromatic amines is 1. The number of fused-ring (bicyclic) bond motifs is 1. The van der Waals surface area contributed by atoms with Gasteiger partial charge in [-0.25, -0.2) is 22.2 Å². The van der Waals surface area contributed by atoms with Crippen LogP contribution in [0, 0.1) is 18.6 Å². The Morgan fingerprint density at radius 1 is 1.10 bits per heavy atom. The molecule has 0 radical (unpaired) electrons. The van der Waals surface area contributed by atoms with Crippen LogP contribution in [0.4, 0.5) is 14.5 Å². The summed E-state index contributed by atoms with van der Waals surface area (Å²) in [5.41, 5.74) is 1.03. The topological polar surface area (TPSA) is 113 Å². The number of nitrogens with one attached hydrogen (secondary N) is 2. The largest absolute Gasteiger partial charge is 0.474 e. The Morgan fingerprint density at radius 2 is 1.85 bits per heavy atom. The Hall–Kier alpha value is -3.35. The Bertz CT molecular complexity index is 1640. The zero-order valence-corrected chi connectivity index (χ0v) is 23.1. The van der Waals surface area contributed by atoms with Crippen LogP contribution in [0.25, 0.3) is 22.4 Å². The van der Waals surface area contributed by atoms with E-state index < -0.39 is 26.6 Å². The number of halogens is 3. The molecule has 0 amide bonds. The molecule has 1 aliphatic rings. The van der Waals surface area contributed by atoms with Crippen molar-refractivity contribution in [2.24, 2.45) is 0 Å². The Balaban J connectivity index is 1.43. The second-order valence-electron chi connectivity index (χ2n) is 9.72. The minimum absolute atomic E-state index is 0.0252. The number of H-pyrrole nitrogens is 1. The smallest absolute Gasteiger partial charge is 0.264 e. The van der Waals surface area contributed by atoms with Crippen molar-refractivity contribution < 1.29 is 21.9 Å². The Morgan fingerprint density at radius 3 is 2.54 bits per heavy atom. The number of anilines is 1. The number of hydrogen-bond acceptors (Lipinski definition) is 7. The van der Waals surface area contributed by atoms with E-state index in [1.165, 1.54) is 18.2 Å². The number of ether oxygens (including phenoxy) is 1. The highest BCUT2D eigenvalue weighted by molar-refractivity contribution is 7.92. The number of hydrogen-bond donors (Lipinski definition) is 2. The molecule has 0 saturated carbocycles. The van der Waals surface area contributed by atoms with E-state index in [-0.39, 0.29) is 28.2 Å². The van der Waals surface area contributed by atoms with Gasteiger partial charge >= 0.3 is 0 Å². The first-order valence-corrected chi connectivity index (χ1v) is 14.3. The predicted octanol–water partition coefficient (Wildman–Crippen LogP) is 5.31. The third-order valence-electron chi connectivity index (χ3n) is 6.70. The lowest BCUT2D eigenvalue weighted by Crippen LogP contribution is -2.41. The SMILES string of the molecule is Cc1[nH]nc2nc(-c3ccc(NS(=O)(=O)c4cc(Cl)ccc4F)c(F)c3)nc(OC3CCN(C(C)C)CC3)c12.